The largest absolute Gasteiger partial charge is 0.322 e. The fraction of sp³-hybridized carbons (Fsp3) is 0.188. The molecule has 108 valence electrons. The van der Waals surface area contributed by atoms with Gasteiger partial charge in [-0.25, -0.2) is 8.42 Å². The number of hydrogen-bond donors (Lipinski definition) is 1. The summed E-state index contributed by atoms with van der Waals surface area (Å²) in [6.45, 7) is 0. The number of sulfone groups is 1. The highest BCUT2D eigenvalue weighted by molar-refractivity contribution is 7.91. The van der Waals surface area contributed by atoms with Crippen LogP contribution in [0.5, 0.6) is 0 Å². The van der Waals surface area contributed by atoms with Crippen LogP contribution in [-0.2, 0) is 16.3 Å². The molecular weight excluding hydrogens is 286 g/mol. The molecular formula is C16H15NO3S. The number of carbonyl (C=O) groups excluding carboxylic acids is 1. The average Bonchev–Trinajstić information content (AvgIpc) is 2.47. The van der Waals surface area contributed by atoms with Gasteiger partial charge in [0.1, 0.15) is 0 Å². The Balaban J connectivity index is 1.89. The van der Waals surface area contributed by atoms with Crippen molar-refractivity contribution in [3.63, 3.8) is 0 Å². The van der Waals surface area contributed by atoms with E-state index in [1.807, 2.05) is 18.2 Å². The Kier molecular flexibility index (Phi) is 3.51. The number of para-hydroxylation sites is 1. The quantitative estimate of drug-likeness (QED) is 0.927. The Morgan fingerprint density at radius 2 is 1.81 bits per heavy atom. The standard InChI is InChI=1S/C16H15NO3S/c18-16(17-14-6-2-1-3-7-14)13-8-9-15-12(11-13)5-4-10-21(15,19)20/h1-3,6-9,11H,4-5,10H2,(H,17,18). The van der Waals surface area contributed by atoms with E-state index >= 15 is 0 Å². The number of anilines is 1. The summed E-state index contributed by atoms with van der Waals surface area (Å²) in [4.78, 5) is 12.6. The summed E-state index contributed by atoms with van der Waals surface area (Å²) in [6.07, 6.45) is 1.31. The lowest BCUT2D eigenvalue weighted by Crippen LogP contribution is -2.18. The van der Waals surface area contributed by atoms with E-state index in [-0.39, 0.29) is 11.7 Å². The molecule has 5 heteroatoms. The van der Waals surface area contributed by atoms with Gasteiger partial charge in [-0.15, -0.1) is 0 Å². The number of nitrogens with one attached hydrogen (secondary N) is 1. The molecule has 2 aromatic carbocycles. The predicted molar refractivity (Wildman–Crippen MR) is 81.2 cm³/mol. The van der Waals surface area contributed by atoms with Gasteiger partial charge in [-0.2, -0.15) is 0 Å². The molecule has 0 bridgehead atoms. The van der Waals surface area contributed by atoms with E-state index in [1.165, 1.54) is 0 Å². The fourth-order valence-electron chi connectivity index (χ4n) is 2.51. The van der Waals surface area contributed by atoms with Crippen molar-refractivity contribution in [3.05, 3.63) is 59.7 Å². The first-order chi connectivity index (χ1) is 10.1. The minimum atomic E-state index is -3.18. The van der Waals surface area contributed by atoms with E-state index < -0.39 is 9.84 Å². The normalized spacial score (nSPS) is 16.0. The second-order valence-corrected chi connectivity index (χ2v) is 7.14. The number of aryl methyl sites for hydroxylation is 1. The molecule has 1 N–H and O–H groups in total. The van der Waals surface area contributed by atoms with Crippen molar-refractivity contribution in [2.45, 2.75) is 17.7 Å². The summed E-state index contributed by atoms with van der Waals surface area (Å²) in [5.41, 5.74) is 1.93. The molecule has 4 nitrogen and oxygen atoms in total. The fourth-order valence-corrected chi connectivity index (χ4v) is 4.09. The third-order valence-corrected chi connectivity index (χ3v) is 5.44. The highest BCUT2D eigenvalue weighted by Gasteiger charge is 2.24. The second kappa shape index (κ2) is 5.33. The Labute approximate surface area is 123 Å². The lowest BCUT2D eigenvalue weighted by atomic mass is 10.1. The van der Waals surface area contributed by atoms with E-state index in [1.54, 1.807) is 30.3 Å². The first-order valence-electron chi connectivity index (χ1n) is 6.78. The van der Waals surface area contributed by atoms with Gasteiger partial charge in [-0.3, -0.25) is 4.79 Å². The van der Waals surface area contributed by atoms with E-state index in [0.29, 0.717) is 29.0 Å². The number of hydrogen-bond acceptors (Lipinski definition) is 3. The Hall–Kier alpha value is -2.14. The topological polar surface area (TPSA) is 63.2 Å². The zero-order valence-electron chi connectivity index (χ0n) is 11.4. The summed E-state index contributed by atoms with van der Waals surface area (Å²) >= 11 is 0. The van der Waals surface area contributed by atoms with Crippen molar-refractivity contribution in [1.82, 2.24) is 0 Å². The lowest BCUT2D eigenvalue weighted by Gasteiger charge is -2.17. The molecule has 0 unspecified atom stereocenters. The van der Waals surface area contributed by atoms with Crippen molar-refractivity contribution in [2.24, 2.45) is 0 Å². The SMILES string of the molecule is O=C(Nc1ccccc1)c1ccc2c(c1)CCCS2(=O)=O. The number of benzene rings is 2. The summed E-state index contributed by atoms with van der Waals surface area (Å²) in [6, 6.07) is 14.0. The number of rotatable bonds is 2. The zero-order chi connectivity index (χ0) is 14.9. The number of carbonyl (C=O) groups is 1. The third kappa shape index (κ3) is 2.83. The molecule has 0 fully saturated rings. The van der Waals surface area contributed by atoms with Gasteiger partial charge < -0.3 is 5.32 Å². The smallest absolute Gasteiger partial charge is 0.255 e. The van der Waals surface area contributed by atoms with Gasteiger partial charge in [0.25, 0.3) is 5.91 Å². The lowest BCUT2D eigenvalue weighted by molar-refractivity contribution is 0.102. The highest BCUT2D eigenvalue weighted by Crippen LogP contribution is 2.26. The summed E-state index contributed by atoms with van der Waals surface area (Å²) in [5, 5.41) is 2.80. The molecule has 3 rings (SSSR count). The molecule has 0 aromatic heterocycles. The maximum atomic E-state index is 12.2. The predicted octanol–water partition coefficient (Wildman–Crippen LogP) is 2.66. The maximum Gasteiger partial charge on any atom is 0.255 e. The molecule has 1 heterocycles. The molecule has 1 aliphatic heterocycles. The molecule has 1 amide bonds. The molecule has 0 saturated heterocycles. The third-order valence-electron chi connectivity index (χ3n) is 3.55. The number of amides is 1. The van der Waals surface area contributed by atoms with Crippen LogP contribution >= 0.6 is 0 Å². The van der Waals surface area contributed by atoms with E-state index in [4.69, 9.17) is 0 Å². The minimum absolute atomic E-state index is 0.190. The second-order valence-electron chi connectivity index (χ2n) is 5.07. The van der Waals surface area contributed by atoms with Crippen LogP contribution in [0.2, 0.25) is 0 Å². The monoisotopic (exact) mass is 301 g/mol. The molecule has 0 aliphatic carbocycles. The van der Waals surface area contributed by atoms with Gasteiger partial charge in [-0.05, 0) is 48.7 Å². The van der Waals surface area contributed by atoms with Gasteiger partial charge >= 0.3 is 0 Å². The molecule has 2 aromatic rings. The van der Waals surface area contributed by atoms with E-state index in [0.717, 1.165) is 5.56 Å². The first-order valence-corrected chi connectivity index (χ1v) is 8.43. The van der Waals surface area contributed by atoms with Crippen molar-refractivity contribution in [3.8, 4) is 0 Å². The molecule has 21 heavy (non-hydrogen) atoms. The van der Waals surface area contributed by atoms with Crippen LogP contribution in [0.1, 0.15) is 22.3 Å². The summed E-state index contributed by atoms with van der Waals surface area (Å²) < 4.78 is 23.9. The number of fused-ring (bicyclic) bond motifs is 1. The van der Waals surface area contributed by atoms with Crippen molar-refractivity contribution in [1.29, 1.82) is 0 Å². The van der Waals surface area contributed by atoms with Crippen LogP contribution < -0.4 is 5.32 Å². The van der Waals surface area contributed by atoms with Crippen LogP contribution in [0.25, 0.3) is 0 Å². The van der Waals surface area contributed by atoms with E-state index in [9.17, 15) is 13.2 Å². The Morgan fingerprint density at radius 1 is 1.05 bits per heavy atom. The van der Waals surface area contributed by atoms with Crippen molar-refractivity contribution in [2.75, 3.05) is 11.1 Å². The van der Waals surface area contributed by atoms with Crippen LogP contribution in [0.15, 0.2) is 53.4 Å². The zero-order valence-corrected chi connectivity index (χ0v) is 12.2. The Morgan fingerprint density at radius 3 is 2.57 bits per heavy atom. The van der Waals surface area contributed by atoms with Crippen LogP contribution in [0.3, 0.4) is 0 Å². The summed E-state index contributed by atoms with van der Waals surface area (Å²) in [7, 11) is -3.18. The van der Waals surface area contributed by atoms with Gasteiger partial charge in [0.15, 0.2) is 9.84 Å². The van der Waals surface area contributed by atoms with Crippen LogP contribution in [-0.4, -0.2) is 20.1 Å². The van der Waals surface area contributed by atoms with Gasteiger partial charge in [0.05, 0.1) is 10.6 Å². The molecule has 0 radical (unpaired) electrons. The maximum absolute atomic E-state index is 12.2. The van der Waals surface area contributed by atoms with Gasteiger partial charge in [-0.1, -0.05) is 18.2 Å². The minimum Gasteiger partial charge on any atom is -0.322 e. The summed E-state index contributed by atoms with van der Waals surface area (Å²) in [5.74, 6) is -0.0396. The molecule has 1 aliphatic rings. The average molecular weight is 301 g/mol. The van der Waals surface area contributed by atoms with Gasteiger partial charge in [0, 0.05) is 11.3 Å². The molecule has 0 spiro atoms. The molecule has 0 atom stereocenters. The molecule has 0 saturated carbocycles. The highest BCUT2D eigenvalue weighted by atomic mass is 32.2. The van der Waals surface area contributed by atoms with Crippen molar-refractivity contribution < 1.29 is 13.2 Å². The first kappa shape index (κ1) is 13.8. The van der Waals surface area contributed by atoms with Gasteiger partial charge in [0.2, 0.25) is 0 Å². The van der Waals surface area contributed by atoms with Crippen LogP contribution in [0, 0.1) is 0 Å². The van der Waals surface area contributed by atoms with E-state index in [2.05, 4.69) is 5.32 Å². The van der Waals surface area contributed by atoms with Crippen LogP contribution in [0.4, 0.5) is 5.69 Å². The Bertz CT molecular complexity index is 782. The van der Waals surface area contributed by atoms with Crippen molar-refractivity contribution >= 4 is 21.4 Å².